The van der Waals surface area contributed by atoms with Crippen LogP contribution >= 0.6 is 0 Å². The molecule has 0 amide bonds. The Bertz CT molecular complexity index is 467. The molecule has 144 valence electrons. The van der Waals surface area contributed by atoms with E-state index in [-0.39, 0.29) is 0 Å². The summed E-state index contributed by atoms with van der Waals surface area (Å²) in [4.78, 5) is 0. The van der Waals surface area contributed by atoms with Crippen LogP contribution in [0.1, 0.15) is 111 Å². The molecule has 0 aliphatic heterocycles. The van der Waals surface area contributed by atoms with E-state index in [0.717, 1.165) is 35.5 Å². The lowest BCUT2D eigenvalue weighted by molar-refractivity contribution is -0.118. The number of rotatable bonds is 4. The van der Waals surface area contributed by atoms with Gasteiger partial charge in [0.05, 0.1) is 0 Å². The van der Waals surface area contributed by atoms with Crippen LogP contribution in [0.3, 0.4) is 0 Å². The highest BCUT2D eigenvalue weighted by molar-refractivity contribution is 5.09. The van der Waals surface area contributed by atoms with Crippen LogP contribution in [0, 0.1) is 46.3 Å². The van der Waals surface area contributed by atoms with Crippen molar-refractivity contribution in [3.05, 3.63) is 0 Å². The summed E-state index contributed by atoms with van der Waals surface area (Å²) in [6.45, 7) is 10.3. The van der Waals surface area contributed by atoms with Gasteiger partial charge in [-0.15, -0.1) is 0 Å². The summed E-state index contributed by atoms with van der Waals surface area (Å²) in [5, 5.41) is 0. The fourth-order valence-corrected chi connectivity index (χ4v) is 8.75. The van der Waals surface area contributed by atoms with Crippen LogP contribution in [0.5, 0.6) is 0 Å². The summed E-state index contributed by atoms with van der Waals surface area (Å²) in [6, 6.07) is 0. The first-order valence-corrected chi connectivity index (χ1v) is 12.0. The zero-order valence-corrected chi connectivity index (χ0v) is 17.7. The summed E-state index contributed by atoms with van der Waals surface area (Å²) >= 11 is 0. The normalized spacial score (nSPS) is 52.3. The van der Waals surface area contributed by atoms with Crippen molar-refractivity contribution in [2.45, 2.75) is 111 Å². The van der Waals surface area contributed by atoms with E-state index in [9.17, 15) is 0 Å². The number of unbranched alkanes of at least 4 members (excludes halogenated alkanes) is 1. The van der Waals surface area contributed by atoms with E-state index in [0.29, 0.717) is 10.8 Å². The average Bonchev–Trinajstić information content (AvgIpc) is 2.95. The van der Waals surface area contributed by atoms with Gasteiger partial charge in [0.2, 0.25) is 0 Å². The minimum absolute atomic E-state index is 0.706. The molecule has 25 heavy (non-hydrogen) atoms. The van der Waals surface area contributed by atoms with Crippen molar-refractivity contribution in [2.24, 2.45) is 46.3 Å². The zero-order valence-electron chi connectivity index (χ0n) is 17.7. The molecule has 0 aromatic carbocycles. The van der Waals surface area contributed by atoms with Crippen LogP contribution in [0.25, 0.3) is 0 Å². The molecule has 3 unspecified atom stereocenters. The molecule has 4 saturated carbocycles. The van der Waals surface area contributed by atoms with Gasteiger partial charge in [-0.3, -0.25) is 0 Å². The quantitative estimate of drug-likeness (QED) is 0.487. The molecule has 0 heteroatoms. The van der Waals surface area contributed by atoms with Crippen molar-refractivity contribution in [2.75, 3.05) is 0 Å². The van der Waals surface area contributed by atoms with Crippen LogP contribution in [0.2, 0.25) is 0 Å². The van der Waals surface area contributed by atoms with Gasteiger partial charge in [0, 0.05) is 0 Å². The Kier molecular flexibility index (Phi) is 5.04. The molecule has 0 N–H and O–H groups in total. The second-order valence-corrected chi connectivity index (χ2v) is 11.2. The largest absolute Gasteiger partial charge is 0.0654 e. The number of hydrogen-bond donors (Lipinski definition) is 0. The molecule has 0 aromatic heterocycles. The van der Waals surface area contributed by atoms with Crippen LogP contribution in [-0.2, 0) is 0 Å². The van der Waals surface area contributed by atoms with Gasteiger partial charge in [-0.2, -0.15) is 0 Å². The van der Waals surface area contributed by atoms with Gasteiger partial charge in [0.15, 0.2) is 0 Å². The SMILES string of the molecule is CCCCC1CCC2[C@@H]3CC[C@@H]4C[C@@H](CC)CC[C@]4(C)C3CC[C@]12C. The van der Waals surface area contributed by atoms with Gasteiger partial charge >= 0.3 is 0 Å². The van der Waals surface area contributed by atoms with Gasteiger partial charge in [0.25, 0.3) is 0 Å². The highest BCUT2D eigenvalue weighted by atomic mass is 14.6. The smallest absolute Gasteiger partial charge is 0.0266 e. The Labute approximate surface area is 157 Å². The second-order valence-electron chi connectivity index (χ2n) is 11.2. The van der Waals surface area contributed by atoms with Gasteiger partial charge in [-0.05, 0) is 111 Å². The molecule has 0 nitrogen and oxygen atoms in total. The number of fused-ring (bicyclic) bond motifs is 5. The Hall–Kier alpha value is 0. The Morgan fingerprint density at radius 1 is 0.800 bits per heavy atom. The van der Waals surface area contributed by atoms with Gasteiger partial charge in [-0.1, -0.05) is 47.0 Å². The van der Waals surface area contributed by atoms with Crippen molar-refractivity contribution in [1.29, 1.82) is 0 Å². The molecule has 4 aliphatic carbocycles. The summed E-state index contributed by atoms with van der Waals surface area (Å²) in [5.41, 5.74) is 1.41. The van der Waals surface area contributed by atoms with Crippen molar-refractivity contribution in [3.8, 4) is 0 Å². The Morgan fingerprint density at radius 2 is 1.56 bits per heavy atom. The number of hydrogen-bond acceptors (Lipinski definition) is 0. The summed E-state index contributed by atoms with van der Waals surface area (Å²) in [5.74, 6) is 6.41. The third-order valence-corrected chi connectivity index (χ3v) is 10.5. The van der Waals surface area contributed by atoms with E-state index in [4.69, 9.17) is 0 Å². The zero-order chi connectivity index (χ0) is 17.7. The molecule has 0 heterocycles. The molecule has 0 aromatic rings. The third-order valence-electron chi connectivity index (χ3n) is 10.5. The summed E-state index contributed by atoms with van der Waals surface area (Å²) in [6.07, 6.45) is 19.9. The highest BCUT2D eigenvalue weighted by Gasteiger charge is 2.59. The first-order chi connectivity index (χ1) is 12.0. The molecule has 0 radical (unpaired) electrons. The van der Waals surface area contributed by atoms with Gasteiger partial charge < -0.3 is 0 Å². The predicted octanol–water partition coefficient (Wildman–Crippen LogP) is 7.86. The van der Waals surface area contributed by atoms with E-state index in [1.807, 2.05) is 0 Å². The maximum absolute atomic E-state index is 2.74. The van der Waals surface area contributed by atoms with Crippen molar-refractivity contribution >= 4 is 0 Å². The third kappa shape index (κ3) is 2.84. The average molecular weight is 345 g/mol. The van der Waals surface area contributed by atoms with Crippen molar-refractivity contribution in [3.63, 3.8) is 0 Å². The lowest BCUT2D eigenvalue weighted by Gasteiger charge is -2.61. The summed E-state index contributed by atoms with van der Waals surface area (Å²) < 4.78 is 0. The molecule has 8 atom stereocenters. The first-order valence-electron chi connectivity index (χ1n) is 12.0. The molecule has 4 rings (SSSR count). The van der Waals surface area contributed by atoms with Crippen LogP contribution in [-0.4, -0.2) is 0 Å². The molecule has 4 fully saturated rings. The Balaban J connectivity index is 1.52. The van der Waals surface area contributed by atoms with E-state index in [1.165, 1.54) is 32.1 Å². The standard InChI is InChI=1S/C25H44/c1-5-7-8-19-10-12-22-21-11-9-20-17-18(6-2)13-15-25(20,4)23(21)14-16-24(19,22)3/h18-23H,5-17H2,1-4H3/t18-,19?,20+,21-,22?,23?,24+,25-/m0/s1. The first kappa shape index (κ1) is 18.4. The molecule has 0 saturated heterocycles. The maximum Gasteiger partial charge on any atom is -0.0266 e. The fraction of sp³-hybridized carbons (Fsp3) is 1.00. The molecule has 0 spiro atoms. The van der Waals surface area contributed by atoms with E-state index < -0.39 is 0 Å². The lowest BCUT2D eigenvalue weighted by Crippen LogP contribution is -2.53. The van der Waals surface area contributed by atoms with E-state index >= 15 is 0 Å². The topological polar surface area (TPSA) is 0 Å². The van der Waals surface area contributed by atoms with Crippen molar-refractivity contribution < 1.29 is 0 Å². The van der Waals surface area contributed by atoms with E-state index in [2.05, 4.69) is 27.7 Å². The maximum atomic E-state index is 2.74. The molecule has 4 aliphatic rings. The monoisotopic (exact) mass is 344 g/mol. The lowest BCUT2D eigenvalue weighted by atomic mass is 9.44. The predicted molar refractivity (Wildman–Crippen MR) is 109 cm³/mol. The van der Waals surface area contributed by atoms with Gasteiger partial charge in [-0.25, -0.2) is 0 Å². The van der Waals surface area contributed by atoms with E-state index in [1.54, 1.807) is 51.4 Å². The van der Waals surface area contributed by atoms with Crippen LogP contribution < -0.4 is 0 Å². The summed E-state index contributed by atoms with van der Waals surface area (Å²) in [7, 11) is 0. The molecular formula is C25H44. The highest BCUT2D eigenvalue weighted by Crippen LogP contribution is 2.68. The molecule has 0 bridgehead atoms. The van der Waals surface area contributed by atoms with Crippen LogP contribution in [0.15, 0.2) is 0 Å². The molecular weight excluding hydrogens is 300 g/mol. The minimum Gasteiger partial charge on any atom is -0.0654 e. The Morgan fingerprint density at radius 3 is 2.32 bits per heavy atom. The van der Waals surface area contributed by atoms with Crippen LogP contribution in [0.4, 0.5) is 0 Å². The fourth-order valence-electron chi connectivity index (χ4n) is 8.75. The minimum atomic E-state index is 0.706. The van der Waals surface area contributed by atoms with Crippen molar-refractivity contribution in [1.82, 2.24) is 0 Å². The second kappa shape index (κ2) is 6.87. The van der Waals surface area contributed by atoms with Gasteiger partial charge in [0.1, 0.15) is 0 Å².